The first kappa shape index (κ1) is 13.1. The van der Waals surface area contributed by atoms with Crippen molar-refractivity contribution in [3.63, 3.8) is 0 Å². The Morgan fingerprint density at radius 1 is 1.38 bits per heavy atom. The summed E-state index contributed by atoms with van der Waals surface area (Å²) in [5, 5.41) is 16.8. The normalized spacial score (nSPS) is 11.2. The molecule has 0 fully saturated rings. The van der Waals surface area contributed by atoms with E-state index in [1.807, 2.05) is 7.05 Å². The average Bonchev–Trinajstić information content (AvgIpc) is 2.65. The van der Waals surface area contributed by atoms with Crippen molar-refractivity contribution in [1.29, 1.82) is 0 Å². The van der Waals surface area contributed by atoms with Crippen LogP contribution < -0.4 is 0 Å². The van der Waals surface area contributed by atoms with Crippen LogP contribution in [0, 0.1) is 0 Å². The number of aromatic nitrogens is 3. The SMILES string of the molecule is CCCCCN(CCO)Cc1cnnn1C. The van der Waals surface area contributed by atoms with E-state index in [4.69, 9.17) is 5.11 Å². The van der Waals surface area contributed by atoms with Crippen LogP contribution in [-0.4, -0.2) is 44.7 Å². The van der Waals surface area contributed by atoms with E-state index in [1.54, 1.807) is 10.9 Å². The van der Waals surface area contributed by atoms with Gasteiger partial charge in [0.1, 0.15) is 0 Å². The number of aliphatic hydroxyl groups excluding tert-OH is 1. The quantitative estimate of drug-likeness (QED) is 0.666. The summed E-state index contributed by atoms with van der Waals surface area (Å²) in [7, 11) is 1.89. The molecule has 1 aromatic heterocycles. The fourth-order valence-corrected chi connectivity index (χ4v) is 1.68. The van der Waals surface area contributed by atoms with Gasteiger partial charge in [-0.05, 0) is 13.0 Å². The van der Waals surface area contributed by atoms with Gasteiger partial charge in [-0.15, -0.1) is 5.10 Å². The van der Waals surface area contributed by atoms with Gasteiger partial charge in [0.05, 0.1) is 18.5 Å². The van der Waals surface area contributed by atoms with E-state index in [1.165, 1.54) is 19.3 Å². The first-order valence-electron chi connectivity index (χ1n) is 5.94. The summed E-state index contributed by atoms with van der Waals surface area (Å²) >= 11 is 0. The minimum atomic E-state index is 0.206. The van der Waals surface area contributed by atoms with Crippen molar-refractivity contribution in [1.82, 2.24) is 19.9 Å². The summed E-state index contributed by atoms with van der Waals surface area (Å²) in [5.74, 6) is 0. The Labute approximate surface area is 97.1 Å². The maximum Gasteiger partial charge on any atom is 0.0738 e. The number of nitrogens with zero attached hydrogens (tertiary/aromatic N) is 4. The van der Waals surface area contributed by atoms with E-state index < -0.39 is 0 Å². The van der Waals surface area contributed by atoms with Gasteiger partial charge in [-0.2, -0.15) is 0 Å². The minimum Gasteiger partial charge on any atom is -0.395 e. The maximum atomic E-state index is 9.01. The van der Waals surface area contributed by atoms with Gasteiger partial charge in [0.15, 0.2) is 0 Å². The number of aryl methyl sites for hydroxylation is 1. The van der Waals surface area contributed by atoms with E-state index in [9.17, 15) is 0 Å². The molecule has 1 aromatic rings. The van der Waals surface area contributed by atoms with Crippen molar-refractivity contribution in [2.45, 2.75) is 32.7 Å². The van der Waals surface area contributed by atoms with Gasteiger partial charge in [-0.1, -0.05) is 25.0 Å². The molecule has 92 valence electrons. The second kappa shape index (κ2) is 7.35. The largest absolute Gasteiger partial charge is 0.395 e. The molecular formula is C11H22N4O. The molecule has 0 aliphatic carbocycles. The highest BCUT2D eigenvalue weighted by molar-refractivity contribution is 4.92. The lowest BCUT2D eigenvalue weighted by Gasteiger charge is -2.20. The van der Waals surface area contributed by atoms with Crippen LogP contribution in [0.4, 0.5) is 0 Å². The lowest BCUT2D eigenvalue weighted by molar-refractivity contribution is 0.184. The highest BCUT2D eigenvalue weighted by Gasteiger charge is 2.08. The van der Waals surface area contributed by atoms with Crippen LogP contribution >= 0.6 is 0 Å². The molecule has 0 spiro atoms. The zero-order chi connectivity index (χ0) is 11.8. The van der Waals surface area contributed by atoms with Crippen LogP contribution in [0.25, 0.3) is 0 Å². The third-order valence-electron chi connectivity index (χ3n) is 2.69. The summed E-state index contributed by atoms with van der Waals surface area (Å²) < 4.78 is 1.78. The molecule has 1 N–H and O–H groups in total. The second-order valence-corrected chi connectivity index (χ2v) is 4.06. The van der Waals surface area contributed by atoms with E-state index >= 15 is 0 Å². The number of unbranched alkanes of at least 4 members (excludes halogenated alkanes) is 2. The Balaban J connectivity index is 2.41. The molecule has 0 saturated carbocycles. The first-order chi connectivity index (χ1) is 7.77. The van der Waals surface area contributed by atoms with Crippen molar-refractivity contribution >= 4 is 0 Å². The van der Waals surface area contributed by atoms with Crippen LogP contribution in [0.2, 0.25) is 0 Å². The number of hydrogen-bond donors (Lipinski definition) is 1. The predicted molar refractivity (Wildman–Crippen MR) is 62.9 cm³/mol. The van der Waals surface area contributed by atoms with Gasteiger partial charge in [0, 0.05) is 20.1 Å². The Bertz CT molecular complexity index is 287. The molecule has 0 unspecified atom stereocenters. The van der Waals surface area contributed by atoms with Crippen LogP contribution in [0.3, 0.4) is 0 Å². The molecule has 5 heteroatoms. The van der Waals surface area contributed by atoms with Crippen molar-refractivity contribution < 1.29 is 5.11 Å². The van der Waals surface area contributed by atoms with Crippen molar-refractivity contribution in [3.8, 4) is 0 Å². The number of rotatable bonds is 8. The minimum absolute atomic E-state index is 0.206. The molecule has 0 aliphatic heterocycles. The predicted octanol–water partition coefficient (Wildman–Crippen LogP) is 0.800. The Hall–Kier alpha value is -0.940. The summed E-state index contributed by atoms with van der Waals surface area (Å²) in [6.07, 6.45) is 5.43. The van der Waals surface area contributed by atoms with Crippen LogP contribution in [0.15, 0.2) is 6.20 Å². The highest BCUT2D eigenvalue weighted by Crippen LogP contribution is 2.04. The fraction of sp³-hybridized carbons (Fsp3) is 0.818. The Morgan fingerprint density at radius 2 is 2.19 bits per heavy atom. The number of aliphatic hydroxyl groups is 1. The molecule has 0 aliphatic rings. The molecule has 16 heavy (non-hydrogen) atoms. The molecule has 0 radical (unpaired) electrons. The second-order valence-electron chi connectivity index (χ2n) is 4.06. The fourth-order valence-electron chi connectivity index (χ4n) is 1.68. The van der Waals surface area contributed by atoms with Gasteiger partial charge in [-0.25, -0.2) is 0 Å². The van der Waals surface area contributed by atoms with Crippen LogP contribution in [0.5, 0.6) is 0 Å². The molecule has 5 nitrogen and oxygen atoms in total. The van der Waals surface area contributed by atoms with Gasteiger partial charge in [0.25, 0.3) is 0 Å². The summed E-state index contributed by atoms with van der Waals surface area (Å²) in [6.45, 7) is 4.96. The van der Waals surface area contributed by atoms with Gasteiger partial charge < -0.3 is 5.11 Å². The molecule has 0 aromatic carbocycles. The van der Waals surface area contributed by atoms with Crippen LogP contribution in [0.1, 0.15) is 31.9 Å². The lowest BCUT2D eigenvalue weighted by atomic mass is 10.2. The van der Waals surface area contributed by atoms with Gasteiger partial charge >= 0.3 is 0 Å². The van der Waals surface area contributed by atoms with Gasteiger partial charge in [0.2, 0.25) is 0 Å². The molecule has 0 amide bonds. The van der Waals surface area contributed by atoms with E-state index in [-0.39, 0.29) is 6.61 Å². The topological polar surface area (TPSA) is 54.2 Å². The maximum absolute atomic E-state index is 9.01. The van der Waals surface area contributed by atoms with E-state index in [0.717, 1.165) is 25.3 Å². The highest BCUT2D eigenvalue weighted by atomic mass is 16.3. The third-order valence-corrected chi connectivity index (χ3v) is 2.69. The molecule has 1 heterocycles. The van der Waals surface area contributed by atoms with Crippen molar-refractivity contribution in [2.24, 2.45) is 7.05 Å². The van der Waals surface area contributed by atoms with Crippen LogP contribution in [-0.2, 0) is 13.6 Å². The van der Waals surface area contributed by atoms with E-state index in [0.29, 0.717) is 0 Å². The average molecular weight is 226 g/mol. The summed E-state index contributed by atoms with van der Waals surface area (Å²) in [4.78, 5) is 2.24. The van der Waals surface area contributed by atoms with Crippen molar-refractivity contribution in [3.05, 3.63) is 11.9 Å². The number of hydrogen-bond acceptors (Lipinski definition) is 4. The molecule has 0 atom stereocenters. The van der Waals surface area contributed by atoms with Gasteiger partial charge in [-0.3, -0.25) is 9.58 Å². The molecule has 1 rings (SSSR count). The standard InChI is InChI=1S/C11H22N4O/c1-3-4-5-6-15(7-8-16)10-11-9-12-13-14(11)2/h9,16H,3-8,10H2,1-2H3. The molecule has 0 bridgehead atoms. The monoisotopic (exact) mass is 226 g/mol. The first-order valence-corrected chi connectivity index (χ1v) is 5.94. The van der Waals surface area contributed by atoms with E-state index in [2.05, 4.69) is 22.1 Å². The zero-order valence-electron chi connectivity index (χ0n) is 10.3. The lowest BCUT2D eigenvalue weighted by Crippen LogP contribution is -2.28. The smallest absolute Gasteiger partial charge is 0.0738 e. The molecular weight excluding hydrogens is 204 g/mol. The summed E-state index contributed by atoms with van der Waals surface area (Å²) in [6, 6.07) is 0. The van der Waals surface area contributed by atoms with Crippen molar-refractivity contribution in [2.75, 3.05) is 19.7 Å². The molecule has 0 saturated heterocycles. The third kappa shape index (κ3) is 4.28. The summed E-state index contributed by atoms with van der Waals surface area (Å²) in [5.41, 5.74) is 1.09. The zero-order valence-corrected chi connectivity index (χ0v) is 10.3. The Kier molecular flexibility index (Phi) is 6.03. The Morgan fingerprint density at radius 3 is 2.75 bits per heavy atom.